The Kier molecular flexibility index (Phi) is 3.03. The lowest BCUT2D eigenvalue weighted by molar-refractivity contribution is 0.0664. The third-order valence-corrected chi connectivity index (χ3v) is 1.69. The molecule has 0 unspecified atom stereocenters. The summed E-state index contributed by atoms with van der Waals surface area (Å²) in [5.41, 5.74) is 0.993. The van der Waals surface area contributed by atoms with E-state index < -0.39 is 5.97 Å². The Hall–Kier alpha value is -1.35. The minimum atomic E-state index is -0.549. The lowest BCUT2D eigenvalue weighted by atomic mass is 10.2. The van der Waals surface area contributed by atoms with Crippen LogP contribution in [0.1, 0.15) is 16.1 Å². The Labute approximate surface area is 81.0 Å². The molecule has 0 aliphatic heterocycles. The Morgan fingerprint density at radius 3 is 2.92 bits per heavy atom. The van der Waals surface area contributed by atoms with Crippen molar-refractivity contribution in [3.8, 4) is 0 Å². The number of aromatic nitrogens is 1. The molecule has 1 heterocycles. The number of halogens is 1. The van der Waals surface area contributed by atoms with Crippen molar-refractivity contribution in [2.24, 2.45) is 0 Å². The van der Waals surface area contributed by atoms with Gasteiger partial charge >= 0.3 is 5.97 Å². The second kappa shape index (κ2) is 4.05. The minimum Gasteiger partial charge on any atom is -0.431 e. The maximum absolute atomic E-state index is 11.2. The molecular formula is C9H8ClNO2. The van der Waals surface area contributed by atoms with Crippen molar-refractivity contribution >= 4 is 17.6 Å². The van der Waals surface area contributed by atoms with Crippen molar-refractivity contribution in [2.75, 3.05) is 0 Å². The van der Waals surface area contributed by atoms with Crippen molar-refractivity contribution in [1.29, 1.82) is 0 Å². The zero-order valence-electron chi connectivity index (χ0n) is 7.08. The van der Waals surface area contributed by atoms with Crippen molar-refractivity contribution in [2.45, 2.75) is 6.92 Å². The van der Waals surface area contributed by atoms with Gasteiger partial charge in [-0.3, -0.25) is 0 Å². The molecule has 0 N–H and O–H groups in total. The SMILES string of the molecule is C=COC(=O)c1ccc(C)nc1Cl. The summed E-state index contributed by atoms with van der Waals surface area (Å²) in [7, 11) is 0. The molecule has 0 aliphatic rings. The van der Waals surface area contributed by atoms with Crippen LogP contribution in [0.2, 0.25) is 5.15 Å². The zero-order chi connectivity index (χ0) is 9.84. The molecular weight excluding hydrogens is 190 g/mol. The molecule has 68 valence electrons. The molecule has 1 aromatic rings. The van der Waals surface area contributed by atoms with Crippen molar-refractivity contribution < 1.29 is 9.53 Å². The maximum atomic E-state index is 11.2. The van der Waals surface area contributed by atoms with Crippen LogP contribution in [0, 0.1) is 6.92 Å². The first-order chi connectivity index (χ1) is 6.15. The number of nitrogens with zero attached hydrogens (tertiary/aromatic N) is 1. The van der Waals surface area contributed by atoms with Gasteiger partial charge in [0.2, 0.25) is 0 Å². The molecule has 0 amide bonds. The molecule has 13 heavy (non-hydrogen) atoms. The largest absolute Gasteiger partial charge is 0.431 e. The van der Waals surface area contributed by atoms with E-state index in [9.17, 15) is 4.79 Å². The number of rotatable bonds is 2. The number of ether oxygens (including phenoxy) is 1. The smallest absolute Gasteiger partial charge is 0.346 e. The van der Waals surface area contributed by atoms with Crippen LogP contribution in [-0.2, 0) is 4.74 Å². The van der Waals surface area contributed by atoms with Crippen LogP contribution >= 0.6 is 11.6 Å². The maximum Gasteiger partial charge on any atom is 0.346 e. The average molecular weight is 198 g/mol. The lowest BCUT2D eigenvalue weighted by Crippen LogP contribution is -2.02. The van der Waals surface area contributed by atoms with Gasteiger partial charge in [0.25, 0.3) is 0 Å². The van der Waals surface area contributed by atoms with E-state index in [-0.39, 0.29) is 10.7 Å². The fourth-order valence-electron chi connectivity index (χ4n) is 0.816. The van der Waals surface area contributed by atoms with Gasteiger partial charge in [-0.1, -0.05) is 18.2 Å². The van der Waals surface area contributed by atoms with E-state index in [1.54, 1.807) is 19.1 Å². The molecule has 0 atom stereocenters. The van der Waals surface area contributed by atoms with Crippen LogP contribution in [0.4, 0.5) is 0 Å². The van der Waals surface area contributed by atoms with E-state index in [1.807, 2.05) is 0 Å². The number of hydrogen-bond acceptors (Lipinski definition) is 3. The van der Waals surface area contributed by atoms with E-state index in [1.165, 1.54) is 0 Å². The van der Waals surface area contributed by atoms with Crippen LogP contribution < -0.4 is 0 Å². The highest BCUT2D eigenvalue weighted by Crippen LogP contribution is 2.14. The van der Waals surface area contributed by atoms with Crippen LogP contribution in [0.5, 0.6) is 0 Å². The number of esters is 1. The zero-order valence-corrected chi connectivity index (χ0v) is 7.84. The standard InChI is InChI=1S/C9H8ClNO2/c1-3-13-9(12)7-5-4-6(2)11-8(7)10/h3-5H,1H2,2H3. The van der Waals surface area contributed by atoms with Gasteiger partial charge in [-0.15, -0.1) is 0 Å². The lowest BCUT2D eigenvalue weighted by Gasteiger charge is -2.01. The molecule has 0 fully saturated rings. The van der Waals surface area contributed by atoms with E-state index in [2.05, 4.69) is 16.3 Å². The van der Waals surface area contributed by atoms with Gasteiger partial charge in [-0.05, 0) is 19.1 Å². The van der Waals surface area contributed by atoms with E-state index in [0.29, 0.717) is 0 Å². The van der Waals surface area contributed by atoms with Crippen LogP contribution in [0.15, 0.2) is 25.0 Å². The molecule has 0 bridgehead atoms. The molecule has 0 radical (unpaired) electrons. The summed E-state index contributed by atoms with van der Waals surface area (Å²) in [4.78, 5) is 15.1. The first-order valence-corrected chi connectivity index (χ1v) is 3.98. The summed E-state index contributed by atoms with van der Waals surface area (Å²) in [6.07, 6.45) is 1.05. The highest BCUT2D eigenvalue weighted by Gasteiger charge is 2.11. The molecule has 0 saturated heterocycles. The number of pyridine rings is 1. The van der Waals surface area contributed by atoms with E-state index in [0.717, 1.165) is 12.0 Å². The predicted molar refractivity (Wildman–Crippen MR) is 49.6 cm³/mol. The number of aryl methyl sites for hydroxylation is 1. The summed E-state index contributed by atoms with van der Waals surface area (Å²) in [5, 5.41) is 0.145. The molecule has 0 aliphatic carbocycles. The van der Waals surface area contributed by atoms with Crippen LogP contribution in [0.25, 0.3) is 0 Å². The van der Waals surface area contributed by atoms with Gasteiger partial charge in [-0.2, -0.15) is 0 Å². The summed E-state index contributed by atoms with van der Waals surface area (Å²) < 4.78 is 4.55. The average Bonchev–Trinajstić information content (AvgIpc) is 2.04. The second-order valence-electron chi connectivity index (χ2n) is 2.36. The van der Waals surface area contributed by atoms with Gasteiger partial charge in [0.15, 0.2) is 0 Å². The van der Waals surface area contributed by atoms with Crippen molar-refractivity contribution in [1.82, 2.24) is 4.98 Å². The molecule has 0 spiro atoms. The number of carbonyl (C=O) groups is 1. The first kappa shape index (κ1) is 9.74. The Morgan fingerprint density at radius 1 is 1.69 bits per heavy atom. The third kappa shape index (κ3) is 2.29. The van der Waals surface area contributed by atoms with Crippen LogP contribution in [0.3, 0.4) is 0 Å². The minimum absolute atomic E-state index is 0.145. The molecule has 1 rings (SSSR count). The Bertz CT molecular complexity index is 349. The highest BCUT2D eigenvalue weighted by molar-refractivity contribution is 6.32. The fourth-order valence-corrected chi connectivity index (χ4v) is 1.09. The predicted octanol–water partition coefficient (Wildman–Crippen LogP) is 2.34. The fraction of sp³-hybridized carbons (Fsp3) is 0.111. The van der Waals surface area contributed by atoms with Gasteiger partial charge in [-0.25, -0.2) is 9.78 Å². The number of carbonyl (C=O) groups excluding carboxylic acids is 1. The van der Waals surface area contributed by atoms with Gasteiger partial charge in [0.05, 0.1) is 11.8 Å². The molecule has 1 aromatic heterocycles. The van der Waals surface area contributed by atoms with Crippen molar-refractivity contribution in [3.63, 3.8) is 0 Å². The Balaban J connectivity index is 3.01. The molecule has 4 heteroatoms. The Morgan fingerprint density at radius 2 is 2.38 bits per heavy atom. The van der Waals surface area contributed by atoms with Gasteiger partial charge in [0.1, 0.15) is 5.15 Å². The quantitative estimate of drug-likeness (QED) is 0.415. The summed E-state index contributed by atoms with van der Waals surface area (Å²) in [6.45, 7) is 5.05. The monoisotopic (exact) mass is 197 g/mol. The molecule has 0 aromatic carbocycles. The third-order valence-electron chi connectivity index (χ3n) is 1.40. The normalized spacial score (nSPS) is 9.38. The van der Waals surface area contributed by atoms with Crippen LogP contribution in [-0.4, -0.2) is 11.0 Å². The molecule has 3 nitrogen and oxygen atoms in total. The highest BCUT2D eigenvalue weighted by atomic mass is 35.5. The topological polar surface area (TPSA) is 39.2 Å². The van der Waals surface area contributed by atoms with E-state index >= 15 is 0 Å². The molecule has 0 saturated carbocycles. The summed E-state index contributed by atoms with van der Waals surface area (Å²) in [6, 6.07) is 3.25. The van der Waals surface area contributed by atoms with E-state index in [4.69, 9.17) is 11.6 Å². The second-order valence-corrected chi connectivity index (χ2v) is 2.72. The van der Waals surface area contributed by atoms with Crippen molar-refractivity contribution in [3.05, 3.63) is 41.4 Å². The van der Waals surface area contributed by atoms with Gasteiger partial charge in [0, 0.05) is 5.69 Å². The number of hydrogen-bond donors (Lipinski definition) is 0. The summed E-state index contributed by atoms with van der Waals surface area (Å²) >= 11 is 5.71. The van der Waals surface area contributed by atoms with Gasteiger partial charge < -0.3 is 4.74 Å². The first-order valence-electron chi connectivity index (χ1n) is 3.60. The summed E-state index contributed by atoms with van der Waals surface area (Å²) in [5.74, 6) is -0.549.